The van der Waals surface area contributed by atoms with Gasteiger partial charge in [0.1, 0.15) is 18.1 Å². The maximum atomic E-state index is 13.9. The number of fused-ring (bicyclic) bond motifs is 1. The van der Waals surface area contributed by atoms with E-state index in [1.165, 1.54) is 11.3 Å². The van der Waals surface area contributed by atoms with E-state index in [0.717, 1.165) is 28.3 Å². The molecule has 1 aromatic heterocycles. The maximum absolute atomic E-state index is 13.9. The molecule has 5 N–H and O–H groups in total. The zero-order valence-electron chi connectivity index (χ0n) is 25.2. The second-order valence-electron chi connectivity index (χ2n) is 11.8. The number of amides is 4. The number of carboxylic acid groups (broad SMARTS) is 1. The van der Waals surface area contributed by atoms with Crippen molar-refractivity contribution in [2.24, 2.45) is 11.8 Å². The third-order valence-corrected chi connectivity index (χ3v) is 8.88. The third-order valence-electron chi connectivity index (χ3n) is 7.87. The van der Waals surface area contributed by atoms with E-state index >= 15 is 0 Å². The number of hydrogen-bond acceptors (Lipinski definition) is 6. The Labute approximate surface area is 261 Å². The van der Waals surface area contributed by atoms with Crippen molar-refractivity contribution in [3.63, 3.8) is 0 Å². The van der Waals surface area contributed by atoms with Crippen molar-refractivity contribution in [2.45, 2.75) is 71.0 Å². The van der Waals surface area contributed by atoms with E-state index in [9.17, 15) is 29.1 Å². The average molecular weight is 621 g/mol. The van der Waals surface area contributed by atoms with Gasteiger partial charge in [-0.25, -0.2) is 4.79 Å². The minimum Gasteiger partial charge on any atom is -0.480 e. The van der Waals surface area contributed by atoms with E-state index in [1.807, 2.05) is 74.7 Å². The van der Waals surface area contributed by atoms with Gasteiger partial charge in [0.15, 0.2) is 0 Å². The Kier molecular flexibility index (Phi) is 11.1. The summed E-state index contributed by atoms with van der Waals surface area (Å²) in [5.74, 6) is -3.61. The van der Waals surface area contributed by atoms with E-state index in [-0.39, 0.29) is 37.0 Å². The van der Waals surface area contributed by atoms with Gasteiger partial charge in [0.2, 0.25) is 17.7 Å². The Morgan fingerprint density at radius 2 is 1.66 bits per heavy atom. The lowest BCUT2D eigenvalue weighted by molar-refractivity contribution is -0.143. The molecule has 44 heavy (non-hydrogen) atoms. The van der Waals surface area contributed by atoms with Crippen molar-refractivity contribution < 1.29 is 29.1 Å². The highest BCUT2D eigenvalue weighted by Crippen LogP contribution is 2.22. The number of rotatable bonds is 13. The molecule has 11 heteroatoms. The predicted molar refractivity (Wildman–Crippen MR) is 169 cm³/mol. The number of hydrogen-bond donors (Lipinski definition) is 5. The molecule has 4 atom stereocenters. The Bertz CT molecular complexity index is 1510. The van der Waals surface area contributed by atoms with Gasteiger partial charge in [-0.15, -0.1) is 11.3 Å². The van der Waals surface area contributed by atoms with E-state index in [1.54, 1.807) is 0 Å². The van der Waals surface area contributed by atoms with Crippen molar-refractivity contribution in [1.82, 2.24) is 21.3 Å². The number of carbonyl (C=O) groups is 5. The lowest BCUT2D eigenvalue weighted by Gasteiger charge is -2.28. The van der Waals surface area contributed by atoms with Crippen LogP contribution in [0.15, 0.2) is 53.9 Å². The van der Waals surface area contributed by atoms with Gasteiger partial charge < -0.3 is 26.4 Å². The molecule has 2 heterocycles. The summed E-state index contributed by atoms with van der Waals surface area (Å²) in [6.07, 6.45) is 1.64. The van der Waals surface area contributed by atoms with Gasteiger partial charge in [-0.2, -0.15) is 0 Å². The molecule has 1 fully saturated rings. The highest BCUT2D eigenvalue weighted by molar-refractivity contribution is 7.12. The molecule has 0 bridgehead atoms. The average Bonchev–Trinajstić information content (AvgIpc) is 3.42. The van der Waals surface area contributed by atoms with E-state index in [2.05, 4.69) is 21.3 Å². The minimum atomic E-state index is -1.30. The standard InChI is InChI=1S/C33H40N4O6S/c1-19(2)16-25(30(39)37-27(33(42)43)18-23-11-7-14-34-29(23)38)35-31(40)26(36-32(41)28-20(3)13-15-44-28)17-22-10-6-9-21-8-4-5-12-24(21)22/h4-6,8-10,12-13,15,19,23,25-27H,7,11,14,16-18H2,1-3H3,(H,34,38)(H,35,40)(H,36,41)(H,37,39)(H,42,43). The first-order chi connectivity index (χ1) is 21.0. The fourth-order valence-electron chi connectivity index (χ4n) is 5.54. The van der Waals surface area contributed by atoms with Crippen LogP contribution in [-0.4, -0.2) is 59.4 Å². The fraction of sp³-hybridized carbons (Fsp3) is 0.424. The van der Waals surface area contributed by atoms with Crippen LogP contribution in [0.1, 0.15) is 60.3 Å². The molecular weight excluding hydrogens is 580 g/mol. The molecule has 10 nitrogen and oxygen atoms in total. The van der Waals surface area contributed by atoms with Crippen LogP contribution in [0.3, 0.4) is 0 Å². The second-order valence-corrected chi connectivity index (χ2v) is 12.7. The zero-order valence-corrected chi connectivity index (χ0v) is 26.0. The SMILES string of the molecule is Cc1ccsc1C(=O)NC(Cc1cccc2ccccc12)C(=O)NC(CC(C)C)C(=O)NC(CC1CCCNC1=O)C(=O)O. The molecule has 0 aliphatic carbocycles. The smallest absolute Gasteiger partial charge is 0.326 e. The summed E-state index contributed by atoms with van der Waals surface area (Å²) >= 11 is 1.28. The molecule has 4 rings (SSSR count). The first kappa shape index (κ1) is 32.7. The van der Waals surface area contributed by atoms with E-state index < -0.39 is 41.8 Å². The number of carbonyl (C=O) groups excluding carboxylic acids is 4. The molecule has 234 valence electrons. The van der Waals surface area contributed by atoms with Gasteiger partial charge >= 0.3 is 5.97 Å². The number of aliphatic carboxylic acids is 1. The van der Waals surface area contributed by atoms with E-state index in [0.29, 0.717) is 17.8 Å². The summed E-state index contributed by atoms with van der Waals surface area (Å²) in [6.45, 7) is 6.15. The molecule has 4 unspecified atom stereocenters. The summed E-state index contributed by atoms with van der Waals surface area (Å²) in [5, 5.41) is 24.6. The van der Waals surface area contributed by atoms with Crippen LogP contribution in [0, 0.1) is 18.8 Å². The number of carboxylic acids is 1. The van der Waals surface area contributed by atoms with Crippen LogP contribution >= 0.6 is 11.3 Å². The van der Waals surface area contributed by atoms with Crippen LogP contribution in [0.25, 0.3) is 10.8 Å². The molecule has 0 saturated carbocycles. The Hall–Kier alpha value is -4.25. The van der Waals surface area contributed by atoms with Crippen molar-refractivity contribution in [2.75, 3.05) is 6.54 Å². The third kappa shape index (κ3) is 8.43. The van der Waals surface area contributed by atoms with Crippen molar-refractivity contribution >= 4 is 51.7 Å². The number of benzene rings is 2. The number of thiophene rings is 1. The molecule has 1 saturated heterocycles. The molecule has 4 amide bonds. The van der Waals surface area contributed by atoms with Crippen LogP contribution in [-0.2, 0) is 25.6 Å². The van der Waals surface area contributed by atoms with Crippen LogP contribution < -0.4 is 21.3 Å². The van der Waals surface area contributed by atoms with Crippen LogP contribution in [0.4, 0.5) is 0 Å². The van der Waals surface area contributed by atoms with Gasteiger partial charge in [-0.1, -0.05) is 56.3 Å². The quantitative estimate of drug-likeness (QED) is 0.197. The normalized spacial score (nSPS) is 16.9. The predicted octanol–water partition coefficient (Wildman–Crippen LogP) is 3.57. The van der Waals surface area contributed by atoms with Gasteiger partial charge in [0.05, 0.1) is 4.88 Å². The first-order valence-corrected chi connectivity index (χ1v) is 15.8. The molecule has 1 aliphatic rings. The largest absolute Gasteiger partial charge is 0.480 e. The minimum absolute atomic E-state index is 0.0154. The molecule has 3 aromatic rings. The summed E-state index contributed by atoms with van der Waals surface area (Å²) < 4.78 is 0. The van der Waals surface area contributed by atoms with Crippen molar-refractivity contribution in [3.8, 4) is 0 Å². The number of aryl methyl sites for hydroxylation is 1. The molecule has 0 radical (unpaired) electrons. The first-order valence-electron chi connectivity index (χ1n) is 15.0. The Morgan fingerprint density at radius 1 is 0.955 bits per heavy atom. The second kappa shape index (κ2) is 15.0. The zero-order chi connectivity index (χ0) is 31.8. The topological polar surface area (TPSA) is 154 Å². The highest BCUT2D eigenvalue weighted by atomic mass is 32.1. The van der Waals surface area contributed by atoms with E-state index in [4.69, 9.17) is 0 Å². The Morgan fingerprint density at radius 3 is 2.34 bits per heavy atom. The van der Waals surface area contributed by atoms with Gasteiger partial charge in [-0.05, 0) is 71.9 Å². The van der Waals surface area contributed by atoms with Gasteiger partial charge in [0, 0.05) is 18.9 Å². The molecule has 1 aliphatic heterocycles. The monoisotopic (exact) mass is 620 g/mol. The number of piperidine rings is 1. The molecular formula is C33H40N4O6S. The van der Waals surface area contributed by atoms with Crippen molar-refractivity contribution in [1.29, 1.82) is 0 Å². The lowest BCUT2D eigenvalue weighted by atomic mass is 9.91. The van der Waals surface area contributed by atoms with Gasteiger partial charge in [0.25, 0.3) is 5.91 Å². The summed E-state index contributed by atoms with van der Waals surface area (Å²) in [7, 11) is 0. The Balaban J connectivity index is 1.56. The van der Waals surface area contributed by atoms with Gasteiger partial charge in [-0.3, -0.25) is 19.2 Å². The van der Waals surface area contributed by atoms with Crippen LogP contribution in [0.5, 0.6) is 0 Å². The van der Waals surface area contributed by atoms with Crippen LogP contribution in [0.2, 0.25) is 0 Å². The van der Waals surface area contributed by atoms with Crippen molar-refractivity contribution in [3.05, 3.63) is 69.9 Å². The molecule has 2 aromatic carbocycles. The fourth-order valence-corrected chi connectivity index (χ4v) is 6.37. The highest BCUT2D eigenvalue weighted by Gasteiger charge is 2.33. The summed E-state index contributed by atoms with van der Waals surface area (Å²) in [5.41, 5.74) is 1.65. The maximum Gasteiger partial charge on any atom is 0.326 e. The number of nitrogens with one attached hydrogen (secondary N) is 4. The summed E-state index contributed by atoms with van der Waals surface area (Å²) in [4.78, 5) is 65.5. The lowest BCUT2D eigenvalue weighted by Crippen LogP contribution is -2.57. The molecule has 0 spiro atoms. The summed E-state index contributed by atoms with van der Waals surface area (Å²) in [6, 6.07) is 12.0.